The Bertz CT molecular complexity index is 968. The maximum Gasteiger partial charge on any atom is 0.239 e. The van der Waals surface area contributed by atoms with Crippen molar-refractivity contribution in [2.75, 3.05) is 57.3 Å². The van der Waals surface area contributed by atoms with E-state index in [1.54, 1.807) is 12.1 Å². The first-order chi connectivity index (χ1) is 15.9. The Morgan fingerprint density at radius 2 is 1.58 bits per heavy atom. The molecule has 0 N–H and O–H groups in total. The van der Waals surface area contributed by atoms with Gasteiger partial charge >= 0.3 is 0 Å². The Labute approximate surface area is 195 Å². The number of hydrogen-bond donors (Lipinski definition) is 0. The van der Waals surface area contributed by atoms with E-state index in [1.807, 2.05) is 22.8 Å². The number of benzene rings is 2. The van der Waals surface area contributed by atoms with E-state index in [0.717, 1.165) is 32.7 Å². The lowest BCUT2D eigenvalue weighted by Crippen LogP contribution is -2.57. The van der Waals surface area contributed by atoms with E-state index in [1.165, 1.54) is 18.6 Å². The highest BCUT2D eigenvalue weighted by atomic mass is 19.1. The van der Waals surface area contributed by atoms with Crippen molar-refractivity contribution in [3.63, 3.8) is 0 Å². The molecule has 6 nitrogen and oxygen atoms in total. The second kappa shape index (κ2) is 10.4. The lowest BCUT2D eigenvalue weighted by molar-refractivity contribution is -0.138. The summed E-state index contributed by atoms with van der Waals surface area (Å²) in [7, 11) is 0. The highest BCUT2D eigenvalue weighted by Crippen LogP contribution is 2.23. The van der Waals surface area contributed by atoms with Gasteiger partial charge in [-0.3, -0.25) is 19.4 Å². The number of anilines is 1. The van der Waals surface area contributed by atoms with Gasteiger partial charge in [0.2, 0.25) is 5.91 Å². The minimum absolute atomic E-state index is 0.140. The first kappa shape index (κ1) is 23.4. The van der Waals surface area contributed by atoms with E-state index in [0.29, 0.717) is 37.4 Å². The van der Waals surface area contributed by atoms with Crippen LogP contribution in [0.1, 0.15) is 29.8 Å². The van der Waals surface area contributed by atoms with Gasteiger partial charge in [0, 0.05) is 64.5 Å². The SMILES string of the molecule is CC(=O)c1ccc(N2CCN([C@@H](C)C(=O)N3CCN(Cc4ccccc4)CC3)CC2)c(F)c1. The van der Waals surface area contributed by atoms with Crippen LogP contribution in [0.4, 0.5) is 10.1 Å². The maximum atomic E-state index is 14.5. The molecule has 176 valence electrons. The number of carbonyl (C=O) groups is 2. The molecular formula is C26H33FN4O2. The van der Waals surface area contributed by atoms with Gasteiger partial charge in [-0.1, -0.05) is 30.3 Å². The van der Waals surface area contributed by atoms with Crippen molar-refractivity contribution >= 4 is 17.4 Å². The second-order valence-corrected chi connectivity index (χ2v) is 9.01. The zero-order chi connectivity index (χ0) is 23.4. The molecule has 7 heteroatoms. The van der Waals surface area contributed by atoms with Crippen molar-refractivity contribution in [3.8, 4) is 0 Å². The molecule has 1 atom stereocenters. The van der Waals surface area contributed by atoms with Gasteiger partial charge in [0.25, 0.3) is 0 Å². The minimum atomic E-state index is -0.367. The van der Waals surface area contributed by atoms with Gasteiger partial charge in [0.05, 0.1) is 11.7 Å². The molecule has 2 aromatic rings. The van der Waals surface area contributed by atoms with Crippen LogP contribution in [0.5, 0.6) is 0 Å². The first-order valence-electron chi connectivity index (χ1n) is 11.8. The number of rotatable bonds is 6. The number of hydrogen-bond acceptors (Lipinski definition) is 5. The topological polar surface area (TPSA) is 47.1 Å². The Kier molecular flexibility index (Phi) is 7.40. The van der Waals surface area contributed by atoms with Crippen LogP contribution in [0.2, 0.25) is 0 Å². The lowest BCUT2D eigenvalue weighted by atomic mass is 10.1. The van der Waals surface area contributed by atoms with Crippen LogP contribution < -0.4 is 4.90 Å². The van der Waals surface area contributed by atoms with Crippen molar-refractivity contribution in [1.82, 2.24) is 14.7 Å². The van der Waals surface area contributed by atoms with Crippen molar-refractivity contribution in [2.24, 2.45) is 0 Å². The first-order valence-corrected chi connectivity index (χ1v) is 11.8. The van der Waals surface area contributed by atoms with Gasteiger partial charge in [0.15, 0.2) is 5.78 Å². The van der Waals surface area contributed by atoms with Crippen molar-refractivity contribution < 1.29 is 14.0 Å². The summed E-state index contributed by atoms with van der Waals surface area (Å²) in [6, 6.07) is 14.9. The summed E-state index contributed by atoms with van der Waals surface area (Å²) in [6.45, 7) is 10.3. The van der Waals surface area contributed by atoms with Crippen LogP contribution in [-0.2, 0) is 11.3 Å². The summed E-state index contributed by atoms with van der Waals surface area (Å²) in [5, 5.41) is 0. The summed E-state index contributed by atoms with van der Waals surface area (Å²) in [4.78, 5) is 33.2. The molecule has 1 amide bonds. The summed E-state index contributed by atoms with van der Waals surface area (Å²) in [6.07, 6.45) is 0. The van der Waals surface area contributed by atoms with E-state index in [4.69, 9.17) is 0 Å². The molecule has 2 aliphatic rings. The third-order valence-corrected chi connectivity index (χ3v) is 6.85. The molecule has 0 aromatic heterocycles. The molecule has 0 bridgehead atoms. The molecule has 2 saturated heterocycles. The van der Waals surface area contributed by atoms with Gasteiger partial charge in [-0.2, -0.15) is 0 Å². The maximum absolute atomic E-state index is 14.5. The summed E-state index contributed by atoms with van der Waals surface area (Å²) >= 11 is 0. The van der Waals surface area contributed by atoms with Gasteiger partial charge in [0.1, 0.15) is 5.82 Å². The van der Waals surface area contributed by atoms with Crippen LogP contribution in [0.15, 0.2) is 48.5 Å². The summed E-state index contributed by atoms with van der Waals surface area (Å²) in [5.74, 6) is -0.327. The molecular weight excluding hydrogens is 419 g/mol. The van der Waals surface area contributed by atoms with Crippen LogP contribution in [-0.4, -0.2) is 84.8 Å². The van der Waals surface area contributed by atoms with Crippen molar-refractivity contribution in [2.45, 2.75) is 26.4 Å². The minimum Gasteiger partial charge on any atom is -0.367 e. The van der Waals surface area contributed by atoms with Gasteiger partial charge < -0.3 is 9.80 Å². The lowest BCUT2D eigenvalue weighted by Gasteiger charge is -2.41. The number of piperazine rings is 2. The molecule has 0 aliphatic carbocycles. The molecule has 0 radical (unpaired) electrons. The van der Waals surface area contributed by atoms with Gasteiger partial charge in [-0.25, -0.2) is 4.39 Å². The number of ketones is 1. The van der Waals surface area contributed by atoms with E-state index < -0.39 is 0 Å². The van der Waals surface area contributed by atoms with Crippen LogP contribution in [0.25, 0.3) is 0 Å². The molecule has 33 heavy (non-hydrogen) atoms. The van der Waals surface area contributed by atoms with E-state index in [2.05, 4.69) is 34.1 Å². The van der Waals surface area contributed by atoms with Gasteiger partial charge in [-0.15, -0.1) is 0 Å². The summed E-state index contributed by atoms with van der Waals surface area (Å²) < 4.78 is 14.5. The molecule has 2 aliphatic heterocycles. The Balaban J connectivity index is 1.26. The van der Waals surface area contributed by atoms with Gasteiger partial charge in [-0.05, 0) is 37.6 Å². The molecule has 0 spiro atoms. The zero-order valence-corrected chi connectivity index (χ0v) is 19.5. The number of nitrogens with zero attached hydrogens (tertiary/aromatic N) is 4. The predicted molar refractivity (Wildman–Crippen MR) is 128 cm³/mol. The molecule has 0 unspecified atom stereocenters. The molecule has 4 rings (SSSR count). The highest BCUT2D eigenvalue weighted by Gasteiger charge is 2.31. The fourth-order valence-corrected chi connectivity index (χ4v) is 4.72. The van der Waals surface area contributed by atoms with E-state index in [9.17, 15) is 14.0 Å². The number of halogens is 1. The Morgan fingerprint density at radius 3 is 2.18 bits per heavy atom. The predicted octanol–water partition coefficient (Wildman–Crippen LogP) is 2.88. The third-order valence-electron chi connectivity index (χ3n) is 6.85. The van der Waals surface area contributed by atoms with Crippen LogP contribution >= 0.6 is 0 Å². The smallest absolute Gasteiger partial charge is 0.239 e. The average molecular weight is 453 g/mol. The van der Waals surface area contributed by atoms with Crippen LogP contribution in [0, 0.1) is 5.82 Å². The fraction of sp³-hybridized carbons (Fsp3) is 0.462. The van der Waals surface area contributed by atoms with Crippen molar-refractivity contribution in [3.05, 3.63) is 65.5 Å². The van der Waals surface area contributed by atoms with E-state index in [-0.39, 0.29) is 23.5 Å². The molecule has 0 saturated carbocycles. The average Bonchev–Trinajstić information content (AvgIpc) is 2.84. The standard InChI is InChI=1S/C26H33FN4O2/c1-20(26(33)31-12-10-28(11-13-31)19-22-6-4-3-5-7-22)29-14-16-30(17-15-29)25-9-8-23(21(2)32)18-24(25)27/h3-9,18,20H,10-17,19H2,1-2H3/t20-/m0/s1. The molecule has 2 aromatic carbocycles. The number of amides is 1. The summed E-state index contributed by atoms with van der Waals surface area (Å²) in [5.41, 5.74) is 2.21. The highest BCUT2D eigenvalue weighted by molar-refractivity contribution is 5.94. The number of carbonyl (C=O) groups excluding carboxylic acids is 2. The molecule has 2 heterocycles. The second-order valence-electron chi connectivity index (χ2n) is 9.01. The fourth-order valence-electron chi connectivity index (χ4n) is 4.72. The zero-order valence-electron chi connectivity index (χ0n) is 19.5. The Hall–Kier alpha value is -2.77. The third kappa shape index (κ3) is 5.60. The van der Waals surface area contributed by atoms with Crippen molar-refractivity contribution in [1.29, 1.82) is 0 Å². The quantitative estimate of drug-likeness (QED) is 0.631. The normalized spacial score (nSPS) is 18.9. The van der Waals surface area contributed by atoms with E-state index >= 15 is 0 Å². The monoisotopic (exact) mass is 452 g/mol. The van der Waals surface area contributed by atoms with Crippen LogP contribution in [0.3, 0.4) is 0 Å². The molecule has 2 fully saturated rings. The number of Topliss-reactive ketones (excluding diaryl/α,β-unsaturated/α-hetero) is 1. The Morgan fingerprint density at radius 1 is 0.909 bits per heavy atom. The largest absolute Gasteiger partial charge is 0.367 e.